The van der Waals surface area contributed by atoms with Crippen LogP contribution in [-0.2, 0) is 15.8 Å². The molecule has 1 heterocycles. The van der Waals surface area contributed by atoms with Crippen LogP contribution in [0.25, 0.3) is 0 Å². The van der Waals surface area contributed by atoms with Crippen LogP contribution in [0.2, 0.25) is 5.02 Å². The van der Waals surface area contributed by atoms with Gasteiger partial charge in [0.1, 0.15) is 5.41 Å². The summed E-state index contributed by atoms with van der Waals surface area (Å²) < 4.78 is 38.9. The molecule has 0 aromatic heterocycles. The maximum Gasteiger partial charge on any atom is 0.417 e. The minimum atomic E-state index is -4.62. The zero-order valence-electron chi connectivity index (χ0n) is 14.3. The van der Waals surface area contributed by atoms with Crippen molar-refractivity contribution in [3.63, 3.8) is 0 Å². The molecule has 0 atom stereocenters. The van der Waals surface area contributed by atoms with Crippen molar-refractivity contribution in [3.05, 3.63) is 28.8 Å². The van der Waals surface area contributed by atoms with Crippen molar-refractivity contribution in [3.8, 4) is 0 Å². The van der Waals surface area contributed by atoms with Gasteiger partial charge in [0.2, 0.25) is 11.8 Å². The van der Waals surface area contributed by atoms with Gasteiger partial charge in [-0.05, 0) is 49.8 Å². The number of likely N-dealkylation sites (tertiary alicyclic amines) is 1. The van der Waals surface area contributed by atoms with Crippen LogP contribution in [0, 0.1) is 11.3 Å². The van der Waals surface area contributed by atoms with Gasteiger partial charge in [-0.3, -0.25) is 9.59 Å². The van der Waals surface area contributed by atoms with E-state index in [4.69, 9.17) is 11.6 Å². The number of halogens is 4. The molecule has 26 heavy (non-hydrogen) atoms. The number of carbonyl (C=O) groups is 2. The number of piperidine rings is 1. The maximum absolute atomic E-state index is 13.0. The van der Waals surface area contributed by atoms with Crippen LogP contribution in [0.15, 0.2) is 18.2 Å². The Labute approximate surface area is 154 Å². The highest BCUT2D eigenvalue weighted by molar-refractivity contribution is 6.31. The first-order valence-electron chi connectivity index (χ1n) is 8.61. The summed E-state index contributed by atoms with van der Waals surface area (Å²) in [5.74, 6) is -0.207. The minimum absolute atomic E-state index is 0.0157. The Bertz CT molecular complexity index is 724. The summed E-state index contributed by atoms with van der Waals surface area (Å²) in [6.07, 6.45) is -1.98. The standard InChI is InChI=1S/C18H20ClF3N2O2/c1-11-4-8-24(9-5-11)16(26)17(6-7-17)15(25)23-12-2-3-14(19)13(10-12)18(20,21)22/h2-3,10-11H,4-9H2,1H3,(H,23,25). The summed E-state index contributed by atoms with van der Waals surface area (Å²) in [5, 5.41) is 2.03. The second kappa shape index (κ2) is 6.76. The van der Waals surface area contributed by atoms with Crippen LogP contribution >= 0.6 is 11.6 Å². The predicted octanol–water partition coefficient (Wildman–Crippen LogP) is 4.34. The van der Waals surface area contributed by atoms with Gasteiger partial charge in [0, 0.05) is 18.8 Å². The van der Waals surface area contributed by atoms with Crippen LogP contribution in [0.5, 0.6) is 0 Å². The summed E-state index contributed by atoms with van der Waals surface area (Å²) in [4.78, 5) is 27.1. The Morgan fingerprint density at radius 3 is 2.38 bits per heavy atom. The van der Waals surface area contributed by atoms with Crippen molar-refractivity contribution in [2.24, 2.45) is 11.3 Å². The highest BCUT2D eigenvalue weighted by Crippen LogP contribution is 2.49. The lowest BCUT2D eigenvalue weighted by molar-refractivity contribution is -0.143. The zero-order chi connectivity index (χ0) is 19.1. The smallest absolute Gasteiger partial charge is 0.342 e. The van der Waals surface area contributed by atoms with Gasteiger partial charge >= 0.3 is 6.18 Å². The van der Waals surface area contributed by atoms with Gasteiger partial charge in [-0.15, -0.1) is 0 Å². The van der Waals surface area contributed by atoms with Gasteiger partial charge in [0.25, 0.3) is 0 Å². The average Bonchev–Trinajstić information content (AvgIpc) is 3.37. The van der Waals surface area contributed by atoms with Crippen molar-refractivity contribution in [1.82, 2.24) is 4.90 Å². The number of carbonyl (C=O) groups excluding carboxylic acids is 2. The monoisotopic (exact) mass is 388 g/mol. The molecule has 0 spiro atoms. The third-order valence-electron chi connectivity index (χ3n) is 5.19. The van der Waals surface area contributed by atoms with E-state index >= 15 is 0 Å². The Kier molecular flexibility index (Phi) is 4.94. The number of anilines is 1. The number of amides is 2. The summed E-state index contributed by atoms with van der Waals surface area (Å²) >= 11 is 5.59. The average molecular weight is 389 g/mol. The Morgan fingerprint density at radius 2 is 1.85 bits per heavy atom. The molecule has 3 rings (SSSR count). The van der Waals surface area contributed by atoms with E-state index in [1.54, 1.807) is 4.90 Å². The lowest BCUT2D eigenvalue weighted by atomic mass is 9.96. The van der Waals surface area contributed by atoms with Crippen LogP contribution in [0.1, 0.15) is 38.2 Å². The second-order valence-corrected chi connectivity index (χ2v) is 7.61. The van der Waals surface area contributed by atoms with E-state index in [0.29, 0.717) is 31.8 Å². The molecule has 1 aliphatic heterocycles. The normalized spacial score (nSPS) is 20.0. The second-order valence-electron chi connectivity index (χ2n) is 7.20. The molecule has 1 saturated carbocycles. The number of nitrogens with one attached hydrogen (secondary N) is 1. The van der Waals surface area contributed by atoms with E-state index in [2.05, 4.69) is 12.2 Å². The molecule has 1 aliphatic carbocycles. The van der Waals surface area contributed by atoms with Gasteiger partial charge in [0.05, 0.1) is 10.6 Å². The van der Waals surface area contributed by atoms with Gasteiger partial charge in [-0.1, -0.05) is 18.5 Å². The number of nitrogens with zero attached hydrogens (tertiary/aromatic N) is 1. The van der Waals surface area contributed by atoms with Crippen molar-refractivity contribution in [2.75, 3.05) is 18.4 Å². The highest BCUT2D eigenvalue weighted by Gasteiger charge is 2.58. The van der Waals surface area contributed by atoms with Gasteiger partial charge < -0.3 is 10.2 Å². The van der Waals surface area contributed by atoms with Crippen molar-refractivity contribution in [1.29, 1.82) is 0 Å². The summed E-state index contributed by atoms with van der Waals surface area (Å²) in [6.45, 7) is 3.36. The number of hydrogen-bond donors (Lipinski definition) is 1. The van der Waals surface area contributed by atoms with Crippen LogP contribution in [0.3, 0.4) is 0 Å². The number of rotatable bonds is 3. The topological polar surface area (TPSA) is 49.4 Å². The third kappa shape index (κ3) is 3.68. The number of hydrogen-bond acceptors (Lipinski definition) is 2. The fraction of sp³-hybridized carbons (Fsp3) is 0.556. The van der Waals surface area contributed by atoms with Gasteiger partial charge in [-0.2, -0.15) is 13.2 Å². The molecule has 0 bridgehead atoms. The quantitative estimate of drug-likeness (QED) is 0.783. The molecule has 1 N–H and O–H groups in total. The van der Waals surface area contributed by atoms with E-state index in [9.17, 15) is 22.8 Å². The van der Waals surface area contributed by atoms with E-state index in [0.717, 1.165) is 25.0 Å². The molecule has 1 aromatic rings. The first-order valence-corrected chi connectivity index (χ1v) is 8.99. The first-order chi connectivity index (χ1) is 12.1. The Morgan fingerprint density at radius 1 is 1.23 bits per heavy atom. The SMILES string of the molecule is CC1CCN(C(=O)C2(C(=O)Nc3ccc(Cl)c(C(F)(F)F)c3)CC2)CC1. The van der Waals surface area contributed by atoms with Crippen LogP contribution < -0.4 is 5.32 Å². The van der Waals surface area contributed by atoms with E-state index in [1.165, 1.54) is 6.07 Å². The fourth-order valence-corrected chi connectivity index (χ4v) is 3.47. The van der Waals surface area contributed by atoms with Crippen molar-refractivity contribution in [2.45, 2.75) is 38.8 Å². The van der Waals surface area contributed by atoms with Gasteiger partial charge in [-0.25, -0.2) is 0 Å². The maximum atomic E-state index is 13.0. The molecule has 8 heteroatoms. The highest BCUT2D eigenvalue weighted by atomic mass is 35.5. The molecule has 1 aromatic carbocycles. The third-order valence-corrected chi connectivity index (χ3v) is 5.52. The molecular weight excluding hydrogens is 369 g/mol. The number of benzene rings is 1. The van der Waals surface area contributed by atoms with E-state index in [1.807, 2.05) is 0 Å². The molecule has 0 unspecified atom stereocenters. The molecule has 142 valence electrons. The molecule has 2 amide bonds. The Balaban J connectivity index is 1.73. The molecular formula is C18H20ClF3N2O2. The molecule has 4 nitrogen and oxygen atoms in total. The summed E-state index contributed by atoms with van der Waals surface area (Å²) in [7, 11) is 0. The first kappa shape index (κ1) is 19.0. The summed E-state index contributed by atoms with van der Waals surface area (Å²) in [5.41, 5.74) is -2.17. The lowest BCUT2D eigenvalue weighted by Crippen LogP contribution is -2.46. The van der Waals surface area contributed by atoms with E-state index < -0.39 is 28.1 Å². The van der Waals surface area contributed by atoms with E-state index in [-0.39, 0.29) is 11.6 Å². The zero-order valence-corrected chi connectivity index (χ0v) is 15.1. The predicted molar refractivity (Wildman–Crippen MR) is 91.7 cm³/mol. The molecule has 2 aliphatic rings. The summed E-state index contributed by atoms with van der Waals surface area (Å²) in [6, 6.07) is 3.19. The lowest BCUT2D eigenvalue weighted by Gasteiger charge is -2.32. The van der Waals surface area contributed by atoms with Crippen molar-refractivity contribution < 1.29 is 22.8 Å². The van der Waals surface area contributed by atoms with Crippen LogP contribution in [0.4, 0.5) is 18.9 Å². The van der Waals surface area contributed by atoms with Crippen molar-refractivity contribution >= 4 is 29.1 Å². The Hall–Kier alpha value is -1.76. The van der Waals surface area contributed by atoms with Crippen LogP contribution in [-0.4, -0.2) is 29.8 Å². The molecule has 0 radical (unpaired) electrons. The largest absolute Gasteiger partial charge is 0.417 e. The van der Waals surface area contributed by atoms with Gasteiger partial charge in [0.15, 0.2) is 0 Å². The fourth-order valence-electron chi connectivity index (χ4n) is 3.25. The minimum Gasteiger partial charge on any atom is -0.342 e. The molecule has 1 saturated heterocycles. The molecule has 2 fully saturated rings. The number of alkyl halides is 3.